The van der Waals surface area contributed by atoms with Crippen LogP contribution in [0, 0.1) is 0 Å². The first-order chi connectivity index (χ1) is 10.1. The highest BCUT2D eigenvalue weighted by molar-refractivity contribution is 6.35. The van der Waals surface area contributed by atoms with Crippen LogP contribution in [-0.2, 0) is 0 Å². The third kappa shape index (κ3) is 2.64. The van der Waals surface area contributed by atoms with Crippen LogP contribution in [0.1, 0.15) is 10.4 Å². The Morgan fingerprint density at radius 2 is 1.71 bits per heavy atom. The molecule has 0 aliphatic carbocycles. The molecule has 2 aromatic carbocycles. The zero-order chi connectivity index (χ0) is 14.8. The summed E-state index contributed by atoms with van der Waals surface area (Å²) in [6, 6.07) is 11.0. The quantitative estimate of drug-likeness (QED) is 0.797. The summed E-state index contributed by atoms with van der Waals surface area (Å²) >= 11 is 6.14. The molecule has 6 heteroatoms. The molecule has 5 nitrogen and oxygen atoms in total. The number of carboxylic acid groups (broad SMARTS) is 1. The lowest BCUT2D eigenvalue weighted by Gasteiger charge is -2.08. The number of rotatable bonds is 3. The Balaban J connectivity index is 1.98. The fraction of sp³-hybridized carbons (Fsp3) is 0. The van der Waals surface area contributed by atoms with Crippen molar-refractivity contribution in [3.05, 3.63) is 59.4 Å². The molecule has 3 aromatic rings. The molecular formula is C15H9ClN2O3. The number of hydrogen-bond acceptors (Lipinski definition) is 4. The van der Waals surface area contributed by atoms with Gasteiger partial charge in [0, 0.05) is 28.2 Å². The van der Waals surface area contributed by atoms with Crippen molar-refractivity contribution in [2.24, 2.45) is 0 Å². The van der Waals surface area contributed by atoms with Crippen LogP contribution in [0.5, 0.6) is 11.8 Å². The van der Waals surface area contributed by atoms with Gasteiger partial charge in [-0.2, -0.15) is 0 Å². The first-order valence-corrected chi connectivity index (χ1v) is 6.43. The topological polar surface area (TPSA) is 72.3 Å². The highest BCUT2D eigenvalue weighted by atomic mass is 35.5. The number of carbonyl (C=O) groups is 1. The maximum Gasteiger partial charge on any atom is 0.338 e. The molecule has 21 heavy (non-hydrogen) atoms. The highest BCUT2D eigenvalue weighted by Crippen LogP contribution is 2.32. The van der Waals surface area contributed by atoms with Crippen molar-refractivity contribution >= 4 is 28.3 Å². The van der Waals surface area contributed by atoms with Gasteiger partial charge in [0.15, 0.2) is 0 Å². The lowest BCUT2D eigenvalue weighted by molar-refractivity contribution is 0.0696. The standard InChI is InChI=1S/C15H9ClN2O3/c16-12-5-6-13(11-4-2-1-3-10(11)12)21-15-17-7-9(8-18-15)14(19)20/h1-8H,(H,19,20). The average Bonchev–Trinajstić information content (AvgIpc) is 2.51. The Bertz CT molecular complexity index is 819. The van der Waals surface area contributed by atoms with Crippen LogP contribution < -0.4 is 4.74 Å². The second-order valence-corrected chi connectivity index (χ2v) is 4.66. The van der Waals surface area contributed by atoms with Crippen molar-refractivity contribution in [3.8, 4) is 11.8 Å². The molecule has 0 saturated carbocycles. The lowest BCUT2D eigenvalue weighted by Crippen LogP contribution is -2.00. The number of nitrogens with zero attached hydrogens (tertiary/aromatic N) is 2. The third-order valence-electron chi connectivity index (χ3n) is 2.91. The van der Waals surface area contributed by atoms with Crippen LogP contribution in [-0.4, -0.2) is 21.0 Å². The Morgan fingerprint density at radius 1 is 1.05 bits per heavy atom. The molecule has 0 unspecified atom stereocenters. The van der Waals surface area contributed by atoms with Crippen molar-refractivity contribution < 1.29 is 14.6 Å². The third-order valence-corrected chi connectivity index (χ3v) is 3.24. The van der Waals surface area contributed by atoms with Crippen LogP contribution >= 0.6 is 11.6 Å². The predicted molar refractivity (Wildman–Crippen MR) is 78.0 cm³/mol. The van der Waals surface area contributed by atoms with Crippen LogP contribution in [0.4, 0.5) is 0 Å². The number of aromatic carboxylic acids is 1. The van der Waals surface area contributed by atoms with Crippen molar-refractivity contribution in [1.82, 2.24) is 9.97 Å². The van der Waals surface area contributed by atoms with Gasteiger partial charge in [0.25, 0.3) is 0 Å². The van der Waals surface area contributed by atoms with Crippen LogP contribution in [0.3, 0.4) is 0 Å². The van der Waals surface area contributed by atoms with Crippen molar-refractivity contribution in [2.75, 3.05) is 0 Å². The Labute approximate surface area is 124 Å². The highest BCUT2D eigenvalue weighted by Gasteiger charge is 2.09. The fourth-order valence-electron chi connectivity index (χ4n) is 1.90. The molecule has 0 spiro atoms. The lowest BCUT2D eigenvalue weighted by atomic mass is 10.1. The summed E-state index contributed by atoms with van der Waals surface area (Å²) in [5.41, 5.74) is 0.00307. The molecule has 0 fully saturated rings. The van der Waals surface area contributed by atoms with E-state index in [1.165, 1.54) is 12.4 Å². The van der Waals surface area contributed by atoms with E-state index in [1.54, 1.807) is 12.1 Å². The summed E-state index contributed by atoms with van der Waals surface area (Å²) in [5.74, 6) is -0.531. The summed E-state index contributed by atoms with van der Waals surface area (Å²) in [5, 5.41) is 11.1. The van der Waals surface area contributed by atoms with Crippen molar-refractivity contribution in [2.45, 2.75) is 0 Å². The number of benzene rings is 2. The normalized spacial score (nSPS) is 10.5. The van der Waals surface area contributed by atoms with Crippen LogP contribution in [0.25, 0.3) is 10.8 Å². The van der Waals surface area contributed by atoms with E-state index in [2.05, 4.69) is 9.97 Å². The predicted octanol–water partition coefficient (Wildman–Crippen LogP) is 3.77. The average molecular weight is 301 g/mol. The van der Waals surface area contributed by atoms with E-state index >= 15 is 0 Å². The molecule has 1 aromatic heterocycles. The molecule has 1 N–H and O–H groups in total. The van der Waals surface area contributed by atoms with E-state index in [4.69, 9.17) is 21.4 Å². The van der Waals surface area contributed by atoms with Crippen molar-refractivity contribution in [1.29, 1.82) is 0 Å². The van der Waals surface area contributed by atoms with E-state index in [0.29, 0.717) is 10.8 Å². The van der Waals surface area contributed by atoms with Gasteiger partial charge in [0.1, 0.15) is 5.75 Å². The zero-order valence-corrected chi connectivity index (χ0v) is 11.4. The SMILES string of the molecule is O=C(O)c1cnc(Oc2ccc(Cl)c3ccccc23)nc1. The smallest absolute Gasteiger partial charge is 0.338 e. The molecule has 0 aliphatic rings. The maximum atomic E-state index is 10.7. The van der Waals surface area contributed by atoms with Gasteiger partial charge >= 0.3 is 12.0 Å². The molecule has 0 bridgehead atoms. The van der Waals surface area contributed by atoms with Gasteiger partial charge in [-0.05, 0) is 12.1 Å². The molecule has 0 atom stereocenters. The zero-order valence-electron chi connectivity index (χ0n) is 10.7. The van der Waals surface area contributed by atoms with Gasteiger partial charge in [0.2, 0.25) is 0 Å². The number of halogens is 1. The monoisotopic (exact) mass is 300 g/mol. The molecule has 0 amide bonds. The Morgan fingerprint density at radius 3 is 2.38 bits per heavy atom. The Kier molecular flexibility index (Phi) is 3.41. The van der Waals surface area contributed by atoms with E-state index in [-0.39, 0.29) is 11.6 Å². The van der Waals surface area contributed by atoms with E-state index < -0.39 is 5.97 Å². The van der Waals surface area contributed by atoms with Crippen molar-refractivity contribution in [3.63, 3.8) is 0 Å². The summed E-state index contributed by atoms with van der Waals surface area (Å²) in [4.78, 5) is 18.5. The summed E-state index contributed by atoms with van der Waals surface area (Å²) < 4.78 is 5.61. The first-order valence-electron chi connectivity index (χ1n) is 6.05. The fourth-order valence-corrected chi connectivity index (χ4v) is 2.13. The number of hydrogen-bond donors (Lipinski definition) is 1. The van der Waals surface area contributed by atoms with Gasteiger partial charge in [0.05, 0.1) is 5.56 Å². The molecule has 0 saturated heterocycles. The molecule has 104 valence electrons. The van der Waals surface area contributed by atoms with Gasteiger partial charge in [-0.1, -0.05) is 35.9 Å². The molecule has 0 aliphatic heterocycles. The number of aromatic nitrogens is 2. The largest absolute Gasteiger partial charge is 0.478 e. The Hall–Kier alpha value is -2.66. The second kappa shape index (κ2) is 5.38. The molecule has 3 rings (SSSR count). The van der Waals surface area contributed by atoms with Gasteiger partial charge in [-0.25, -0.2) is 14.8 Å². The first kappa shape index (κ1) is 13.3. The van der Waals surface area contributed by atoms with Gasteiger partial charge < -0.3 is 9.84 Å². The second-order valence-electron chi connectivity index (χ2n) is 4.25. The number of fused-ring (bicyclic) bond motifs is 1. The maximum absolute atomic E-state index is 10.7. The minimum atomic E-state index is -1.08. The summed E-state index contributed by atoms with van der Waals surface area (Å²) in [6.07, 6.45) is 2.39. The molecule has 0 radical (unpaired) electrons. The number of carboxylic acids is 1. The molecule has 1 heterocycles. The van der Waals surface area contributed by atoms with E-state index in [0.717, 1.165) is 10.8 Å². The van der Waals surface area contributed by atoms with Crippen LogP contribution in [0.2, 0.25) is 5.02 Å². The van der Waals surface area contributed by atoms with E-state index in [9.17, 15) is 4.79 Å². The van der Waals surface area contributed by atoms with Gasteiger partial charge in [-0.15, -0.1) is 0 Å². The summed E-state index contributed by atoms with van der Waals surface area (Å²) in [6.45, 7) is 0. The minimum absolute atomic E-state index is 0.00307. The van der Waals surface area contributed by atoms with Gasteiger partial charge in [-0.3, -0.25) is 0 Å². The van der Waals surface area contributed by atoms with Crippen LogP contribution in [0.15, 0.2) is 48.8 Å². The minimum Gasteiger partial charge on any atom is -0.478 e. The summed E-state index contributed by atoms with van der Waals surface area (Å²) in [7, 11) is 0. The molecular weight excluding hydrogens is 292 g/mol. The number of ether oxygens (including phenoxy) is 1. The van der Waals surface area contributed by atoms with E-state index in [1.807, 2.05) is 24.3 Å².